The number of nitrogens with one attached hydrogen (secondary N) is 2. The fourth-order valence-corrected chi connectivity index (χ4v) is 2.23. The van der Waals surface area contributed by atoms with Crippen LogP contribution in [0.15, 0.2) is 42.5 Å². The van der Waals surface area contributed by atoms with Crippen molar-refractivity contribution in [1.29, 1.82) is 0 Å². The van der Waals surface area contributed by atoms with Crippen molar-refractivity contribution in [2.45, 2.75) is 12.4 Å². The molecule has 0 bridgehead atoms. The Morgan fingerprint density at radius 2 is 1.30 bits per heavy atom. The Morgan fingerprint density at radius 3 is 1.74 bits per heavy atom. The molecular weight excluding hydrogens is 418 g/mol. The number of amides is 1. The SMILES string of the molecule is O=C(Nc1cc(C(F)(F)F)cc(C(F)(F)F)c1)C(=S)Nc1ccc(Cl)cc1. The summed E-state index contributed by atoms with van der Waals surface area (Å²) in [6.45, 7) is 0. The number of thiocarbonyl (C=S) groups is 1. The molecule has 0 aliphatic heterocycles. The van der Waals surface area contributed by atoms with Gasteiger partial charge in [0, 0.05) is 16.4 Å². The number of benzene rings is 2. The van der Waals surface area contributed by atoms with Gasteiger partial charge in [0.15, 0.2) is 4.99 Å². The fourth-order valence-electron chi connectivity index (χ4n) is 1.94. The molecule has 27 heavy (non-hydrogen) atoms. The van der Waals surface area contributed by atoms with Gasteiger partial charge in [-0.3, -0.25) is 4.79 Å². The zero-order valence-corrected chi connectivity index (χ0v) is 14.6. The van der Waals surface area contributed by atoms with Crippen LogP contribution < -0.4 is 10.6 Å². The van der Waals surface area contributed by atoms with Gasteiger partial charge in [-0.05, 0) is 42.5 Å². The first-order valence-corrected chi connectivity index (χ1v) is 7.82. The van der Waals surface area contributed by atoms with E-state index in [2.05, 4.69) is 5.32 Å². The quantitative estimate of drug-likeness (QED) is 0.474. The van der Waals surface area contributed by atoms with Gasteiger partial charge in [-0.1, -0.05) is 23.8 Å². The van der Waals surface area contributed by atoms with Crippen molar-refractivity contribution < 1.29 is 31.1 Å². The van der Waals surface area contributed by atoms with E-state index in [0.717, 1.165) is 0 Å². The third kappa shape index (κ3) is 5.83. The minimum atomic E-state index is -5.02. The van der Waals surface area contributed by atoms with Gasteiger partial charge in [-0.25, -0.2) is 0 Å². The highest BCUT2D eigenvalue weighted by molar-refractivity contribution is 7.82. The van der Waals surface area contributed by atoms with Gasteiger partial charge in [0.05, 0.1) is 11.1 Å². The van der Waals surface area contributed by atoms with Crippen LogP contribution >= 0.6 is 23.8 Å². The lowest BCUT2D eigenvalue weighted by atomic mass is 10.1. The van der Waals surface area contributed by atoms with Crippen LogP contribution in [0.5, 0.6) is 0 Å². The minimum absolute atomic E-state index is 0.0417. The third-order valence-corrected chi connectivity index (χ3v) is 3.69. The molecule has 2 N–H and O–H groups in total. The second-order valence-electron chi connectivity index (χ2n) is 5.21. The predicted octanol–water partition coefficient (Wildman–Crippen LogP) is 5.76. The highest BCUT2D eigenvalue weighted by Crippen LogP contribution is 2.37. The van der Waals surface area contributed by atoms with Gasteiger partial charge < -0.3 is 10.6 Å². The monoisotopic (exact) mass is 426 g/mol. The van der Waals surface area contributed by atoms with Crippen LogP contribution in [0, 0.1) is 0 Å². The van der Waals surface area contributed by atoms with Crippen LogP contribution in [-0.2, 0) is 17.1 Å². The molecule has 3 nitrogen and oxygen atoms in total. The summed E-state index contributed by atoms with van der Waals surface area (Å²) in [6.07, 6.45) is -10.0. The molecule has 0 saturated heterocycles. The lowest BCUT2D eigenvalue weighted by molar-refractivity contribution is -0.143. The Balaban J connectivity index is 2.23. The van der Waals surface area contributed by atoms with E-state index in [1.807, 2.05) is 5.32 Å². The van der Waals surface area contributed by atoms with E-state index >= 15 is 0 Å². The van der Waals surface area contributed by atoms with E-state index in [4.69, 9.17) is 23.8 Å². The minimum Gasteiger partial charge on any atom is -0.342 e. The Labute approximate surface area is 159 Å². The number of rotatable bonds is 2. The molecule has 0 fully saturated rings. The molecule has 0 aliphatic rings. The molecule has 1 amide bonds. The zero-order valence-electron chi connectivity index (χ0n) is 13.0. The first kappa shape index (κ1) is 21.0. The number of halogens is 7. The van der Waals surface area contributed by atoms with E-state index in [-0.39, 0.29) is 6.07 Å². The molecule has 0 saturated carbocycles. The highest BCUT2D eigenvalue weighted by Gasteiger charge is 2.37. The second kappa shape index (κ2) is 7.73. The average molecular weight is 427 g/mol. The predicted molar refractivity (Wildman–Crippen MR) is 92.7 cm³/mol. The molecule has 2 rings (SSSR count). The summed E-state index contributed by atoms with van der Waals surface area (Å²) in [5, 5.41) is 4.84. The van der Waals surface area contributed by atoms with Crippen LogP contribution in [0.25, 0.3) is 0 Å². The van der Waals surface area contributed by atoms with Crippen molar-refractivity contribution in [3.05, 3.63) is 58.6 Å². The Hall–Kier alpha value is -2.33. The maximum Gasteiger partial charge on any atom is 0.416 e. The zero-order chi connectivity index (χ0) is 20.4. The van der Waals surface area contributed by atoms with Crippen molar-refractivity contribution in [3.63, 3.8) is 0 Å². The summed E-state index contributed by atoms with van der Waals surface area (Å²) in [6, 6.07) is 6.68. The molecule has 0 spiro atoms. The molecular formula is C16H9ClF6N2OS. The van der Waals surface area contributed by atoms with E-state index in [1.54, 1.807) is 0 Å². The van der Waals surface area contributed by atoms with Gasteiger partial charge in [0.1, 0.15) is 0 Å². The summed E-state index contributed by atoms with van der Waals surface area (Å²) in [5.41, 5.74) is -3.43. The topological polar surface area (TPSA) is 41.1 Å². The standard InChI is InChI=1S/C16H9ClF6N2OS/c17-10-1-3-11(4-2-10)25-14(27)13(26)24-12-6-8(15(18,19)20)5-9(7-12)16(21,22)23/h1-7H,(H,24,26)(H,25,27). The summed E-state index contributed by atoms with van der Waals surface area (Å²) >= 11 is 10.5. The van der Waals surface area contributed by atoms with Crippen molar-refractivity contribution in [3.8, 4) is 0 Å². The molecule has 0 unspecified atom stereocenters. The van der Waals surface area contributed by atoms with E-state index in [1.165, 1.54) is 24.3 Å². The van der Waals surface area contributed by atoms with Gasteiger partial charge in [-0.15, -0.1) is 0 Å². The summed E-state index contributed by atoms with van der Waals surface area (Å²) in [4.78, 5) is 11.5. The first-order valence-electron chi connectivity index (χ1n) is 7.03. The van der Waals surface area contributed by atoms with Gasteiger partial charge in [0.2, 0.25) is 0 Å². The van der Waals surface area contributed by atoms with E-state index < -0.39 is 40.1 Å². The summed E-state index contributed by atoms with van der Waals surface area (Å²) < 4.78 is 76.9. The molecule has 0 aromatic heterocycles. The summed E-state index contributed by atoms with van der Waals surface area (Å²) in [5.74, 6) is -1.08. The molecule has 0 heterocycles. The lowest BCUT2D eigenvalue weighted by Gasteiger charge is -2.15. The number of carbonyl (C=O) groups excluding carboxylic acids is 1. The van der Waals surface area contributed by atoms with E-state index in [0.29, 0.717) is 22.8 Å². The van der Waals surface area contributed by atoms with Crippen LogP contribution in [-0.4, -0.2) is 10.9 Å². The number of alkyl halides is 6. The fraction of sp³-hybridized carbons (Fsp3) is 0.125. The molecule has 2 aromatic rings. The molecule has 11 heteroatoms. The van der Waals surface area contributed by atoms with Crippen LogP contribution in [0.1, 0.15) is 11.1 Å². The van der Waals surface area contributed by atoms with Crippen molar-refractivity contribution in [2.75, 3.05) is 10.6 Å². The van der Waals surface area contributed by atoms with Crippen molar-refractivity contribution in [1.82, 2.24) is 0 Å². The molecule has 144 valence electrons. The smallest absolute Gasteiger partial charge is 0.342 e. The maximum absolute atomic E-state index is 12.8. The van der Waals surface area contributed by atoms with Gasteiger partial charge in [0.25, 0.3) is 5.91 Å². The second-order valence-corrected chi connectivity index (χ2v) is 6.05. The summed E-state index contributed by atoms with van der Waals surface area (Å²) in [7, 11) is 0. The van der Waals surface area contributed by atoms with Crippen molar-refractivity contribution in [2.24, 2.45) is 0 Å². The van der Waals surface area contributed by atoms with Gasteiger partial charge >= 0.3 is 12.4 Å². The van der Waals surface area contributed by atoms with Gasteiger partial charge in [-0.2, -0.15) is 26.3 Å². The molecule has 2 aromatic carbocycles. The van der Waals surface area contributed by atoms with Crippen LogP contribution in [0.2, 0.25) is 5.02 Å². The number of hydrogen-bond acceptors (Lipinski definition) is 2. The first-order chi connectivity index (χ1) is 12.4. The van der Waals surface area contributed by atoms with Crippen LogP contribution in [0.3, 0.4) is 0 Å². The molecule has 0 aliphatic carbocycles. The largest absolute Gasteiger partial charge is 0.416 e. The Bertz CT molecular complexity index is 832. The van der Waals surface area contributed by atoms with Crippen molar-refractivity contribution >= 4 is 46.1 Å². The van der Waals surface area contributed by atoms with E-state index in [9.17, 15) is 31.1 Å². The highest BCUT2D eigenvalue weighted by atomic mass is 35.5. The molecule has 0 atom stereocenters. The number of carbonyl (C=O) groups is 1. The molecule has 0 radical (unpaired) electrons. The average Bonchev–Trinajstić information content (AvgIpc) is 2.55. The number of hydrogen-bond donors (Lipinski definition) is 2. The normalized spacial score (nSPS) is 11.8. The lowest BCUT2D eigenvalue weighted by Crippen LogP contribution is -2.27. The van der Waals surface area contributed by atoms with Crippen LogP contribution in [0.4, 0.5) is 37.7 Å². The maximum atomic E-state index is 12.8. The third-order valence-electron chi connectivity index (χ3n) is 3.15. The number of anilines is 2. The Kier molecular flexibility index (Phi) is 6.01. The Morgan fingerprint density at radius 1 is 0.815 bits per heavy atom.